The highest BCUT2D eigenvalue weighted by Crippen LogP contribution is 2.23. The lowest BCUT2D eigenvalue weighted by Crippen LogP contribution is -2.10. The van der Waals surface area contributed by atoms with E-state index in [0.29, 0.717) is 11.4 Å². The number of benzene rings is 1. The molecule has 0 bridgehead atoms. The lowest BCUT2D eigenvalue weighted by molar-refractivity contribution is 1.13. The van der Waals surface area contributed by atoms with Gasteiger partial charge in [-0.3, -0.25) is 0 Å². The number of hydrogen-bond acceptors (Lipinski definition) is 5. The highest BCUT2D eigenvalue weighted by Gasteiger charge is 2.06. The molecule has 0 fully saturated rings. The minimum atomic E-state index is 0.386. The van der Waals surface area contributed by atoms with E-state index in [4.69, 9.17) is 11.1 Å². The van der Waals surface area contributed by atoms with Gasteiger partial charge < -0.3 is 10.3 Å². The molecular weight excluding hydrogens is 238 g/mol. The van der Waals surface area contributed by atoms with Crippen LogP contribution >= 0.6 is 0 Å². The highest BCUT2D eigenvalue weighted by molar-refractivity contribution is 5.66. The molecule has 1 aromatic heterocycles. The topological polar surface area (TPSA) is 78.0 Å². The number of hydrogen-bond donors (Lipinski definition) is 2. The second-order valence-electron chi connectivity index (χ2n) is 4.29. The first-order chi connectivity index (χ1) is 9.15. The molecule has 0 radical (unpaired) electrons. The van der Waals surface area contributed by atoms with Crippen molar-refractivity contribution in [2.75, 3.05) is 24.4 Å². The number of rotatable bonds is 3. The lowest BCUT2D eigenvalue weighted by atomic mass is 10.1. The predicted molar refractivity (Wildman–Crippen MR) is 76.5 cm³/mol. The van der Waals surface area contributed by atoms with E-state index >= 15 is 0 Å². The van der Waals surface area contributed by atoms with E-state index in [9.17, 15) is 0 Å². The number of nitrogen functional groups attached to an aromatic ring is 1. The Kier molecular flexibility index (Phi) is 3.64. The predicted octanol–water partition coefficient (Wildman–Crippen LogP) is 1.97. The molecule has 2 rings (SSSR count). The largest absolute Gasteiger partial charge is 0.378 e. The molecular formula is C14H15N5. The van der Waals surface area contributed by atoms with Gasteiger partial charge in [0.05, 0.1) is 11.3 Å². The monoisotopic (exact) mass is 253 g/mol. The van der Waals surface area contributed by atoms with E-state index in [1.807, 2.05) is 55.4 Å². The van der Waals surface area contributed by atoms with Gasteiger partial charge in [0.25, 0.3) is 0 Å². The summed E-state index contributed by atoms with van der Waals surface area (Å²) in [4.78, 5) is 6.37. The molecule has 1 heterocycles. The zero-order chi connectivity index (χ0) is 13.8. The van der Waals surface area contributed by atoms with Crippen molar-refractivity contribution in [3.8, 4) is 17.3 Å². The van der Waals surface area contributed by atoms with E-state index in [1.54, 1.807) is 6.07 Å². The van der Waals surface area contributed by atoms with Crippen LogP contribution in [-0.2, 0) is 0 Å². The van der Waals surface area contributed by atoms with E-state index in [0.717, 1.165) is 16.9 Å². The molecule has 3 N–H and O–H groups in total. The molecule has 0 aliphatic heterocycles. The third-order valence-electron chi connectivity index (χ3n) is 2.83. The van der Waals surface area contributed by atoms with Gasteiger partial charge in [-0.2, -0.15) is 5.26 Å². The van der Waals surface area contributed by atoms with Gasteiger partial charge in [0.15, 0.2) is 5.82 Å². The summed E-state index contributed by atoms with van der Waals surface area (Å²) in [5, 5.41) is 8.92. The van der Waals surface area contributed by atoms with Gasteiger partial charge in [0.1, 0.15) is 6.07 Å². The lowest BCUT2D eigenvalue weighted by Gasteiger charge is -2.12. The van der Waals surface area contributed by atoms with Gasteiger partial charge in [0, 0.05) is 25.3 Å². The summed E-state index contributed by atoms with van der Waals surface area (Å²) >= 11 is 0. The van der Waals surface area contributed by atoms with Crippen LogP contribution in [0.3, 0.4) is 0 Å². The summed E-state index contributed by atoms with van der Waals surface area (Å²) in [5.41, 5.74) is 5.74. The molecule has 0 aliphatic carbocycles. The van der Waals surface area contributed by atoms with Crippen molar-refractivity contribution < 1.29 is 0 Å². The van der Waals surface area contributed by atoms with Gasteiger partial charge in [-0.05, 0) is 24.3 Å². The van der Waals surface area contributed by atoms with Gasteiger partial charge in [-0.1, -0.05) is 12.1 Å². The Hall–Kier alpha value is -2.58. The Morgan fingerprint density at radius 1 is 1.16 bits per heavy atom. The van der Waals surface area contributed by atoms with Crippen LogP contribution in [0.4, 0.5) is 11.5 Å². The van der Waals surface area contributed by atoms with Crippen molar-refractivity contribution in [2.24, 2.45) is 5.84 Å². The summed E-state index contributed by atoms with van der Waals surface area (Å²) in [7, 11) is 3.98. The number of nitrogens with zero attached hydrogens (tertiary/aromatic N) is 3. The maximum atomic E-state index is 8.92. The second-order valence-corrected chi connectivity index (χ2v) is 4.29. The number of nitriles is 1. The minimum Gasteiger partial charge on any atom is -0.378 e. The Morgan fingerprint density at radius 2 is 1.84 bits per heavy atom. The number of nitrogens with two attached hydrogens (primary N) is 1. The Bertz CT molecular complexity index is 611. The zero-order valence-corrected chi connectivity index (χ0v) is 10.9. The van der Waals surface area contributed by atoms with Crippen molar-refractivity contribution in [3.63, 3.8) is 0 Å². The third kappa shape index (κ3) is 2.64. The van der Waals surface area contributed by atoms with Crippen LogP contribution in [0.15, 0.2) is 36.4 Å². The molecule has 5 heteroatoms. The summed E-state index contributed by atoms with van der Waals surface area (Å²) in [6, 6.07) is 13.6. The van der Waals surface area contributed by atoms with Crippen LogP contribution < -0.4 is 16.2 Å². The average molecular weight is 253 g/mol. The Labute approximate surface area is 112 Å². The van der Waals surface area contributed by atoms with Gasteiger partial charge in [-0.15, -0.1) is 0 Å². The summed E-state index contributed by atoms with van der Waals surface area (Å²) in [5.74, 6) is 5.75. The van der Waals surface area contributed by atoms with Gasteiger partial charge in [-0.25, -0.2) is 10.8 Å². The van der Waals surface area contributed by atoms with Crippen molar-refractivity contribution in [1.29, 1.82) is 5.26 Å². The van der Waals surface area contributed by atoms with Gasteiger partial charge in [0.2, 0.25) is 0 Å². The van der Waals surface area contributed by atoms with E-state index in [1.165, 1.54) is 0 Å². The molecule has 19 heavy (non-hydrogen) atoms. The molecule has 0 atom stereocenters. The van der Waals surface area contributed by atoms with E-state index < -0.39 is 0 Å². The molecule has 0 unspecified atom stereocenters. The molecule has 0 spiro atoms. The van der Waals surface area contributed by atoms with Crippen molar-refractivity contribution in [1.82, 2.24) is 4.98 Å². The molecule has 96 valence electrons. The van der Waals surface area contributed by atoms with Crippen LogP contribution in [0, 0.1) is 11.3 Å². The summed E-state index contributed by atoms with van der Waals surface area (Å²) in [6.45, 7) is 0. The number of anilines is 2. The first-order valence-electron chi connectivity index (χ1n) is 5.81. The smallest absolute Gasteiger partial charge is 0.158 e. The quantitative estimate of drug-likeness (QED) is 0.646. The highest BCUT2D eigenvalue weighted by atomic mass is 15.2. The van der Waals surface area contributed by atoms with Crippen LogP contribution in [0.2, 0.25) is 0 Å². The summed E-state index contributed by atoms with van der Waals surface area (Å²) in [6.07, 6.45) is 0. The molecule has 2 aromatic rings. The fourth-order valence-corrected chi connectivity index (χ4v) is 1.75. The average Bonchev–Trinajstić information content (AvgIpc) is 2.46. The molecule has 0 aliphatic rings. The van der Waals surface area contributed by atoms with Crippen LogP contribution in [0.5, 0.6) is 0 Å². The van der Waals surface area contributed by atoms with E-state index in [-0.39, 0.29) is 0 Å². The van der Waals surface area contributed by atoms with E-state index in [2.05, 4.69) is 10.4 Å². The number of nitrogens with one attached hydrogen (secondary N) is 1. The molecule has 5 nitrogen and oxygen atoms in total. The normalized spacial score (nSPS) is 9.79. The molecule has 0 saturated heterocycles. The zero-order valence-electron chi connectivity index (χ0n) is 10.9. The first-order valence-corrected chi connectivity index (χ1v) is 5.81. The maximum absolute atomic E-state index is 8.92. The fraction of sp³-hybridized carbons (Fsp3) is 0.143. The van der Waals surface area contributed by atoms with Crippen LogP contribution in [0.25, 0.3) is 11.3 Å². The van der Waals surface area contributed by atoms with Crippen LogP contribution in [0.1, 0.15) is 5.56 Å². The molecule has 0 amide bonds. The maximum Gasteiger partial charge on any atom is 0.158 e. The number of pyridine rings is 1. The Balaban J connectivity index is 2.39. The molecule has 1 aromatic carbocycles. The fourth-order valence-electron chi connectivity index (χ4n) is 1.75. The first kappa shape index (κ1) is 12.9. The third-order valence-corrected chi connectivity index (χ3v) is 2.83. The SMILES string of the molecule is CN(C)c1ccc(-c2ccc(C#N)c(NN)n2)cc1. The van der Waals surface area contributed by atoms with Gasteiger partial charge >= 0.3 is 0 Å². The second kappa shape index (κ2) is 5.38. The van der Waals surface area contributed by atoms with Crippen molar-refractivity contribution >= 4 is 11.5 Å². The van der Waals surface area contributed by atoms with Crippen molar-refractivity contribution in [3.05, 3.63) is 42.0 Å². The minimum absolute atomic E-state index is 0.386. The summed E-state index contributed by atoms with van der Waals surface area (Å²) < 4.78 is 0. The standard InChI is InChI=1S/C14H15N5/c1-19(2)12-6-3-10(4-7-12)13-8-5-11(9-15)14(17-13)18-16/h3-8H,16H2,1-2H3,(H,17,18). The number of aromatic nitrogens is 1. The molecule has 0 saturated carbocycles. The van der Waals surface area contributed by atoms with Crippen LogP contribution in [-0.4, -0.2) is 19.1 Å². The number of hydrazine groups is 1. The Morgan fingerprint density at radius 3 is 2.37 bits per heavy atom. The van der Waals surface area contributed by atoms with Crippen molar-refractivity contribution in [2.45, 2.75) is 0 Å².